The van der Waals surface area contributed by atoms with E-state index in [0.29, 0.717) is 23.9 Å². The van der Waals surface area contributed by atoms with Gasteiger partial charge in [0.1, 0.15) is 5.52 Å². The van der Waals surface area contributed by atoms with Crippen LogP contribution < -0.4 is 11.1 Å². The van der Waals surface area contributed by atoms with Crippen LogP contribution in [0.3, 0.4) is 0 Å². The van der Waals surface area contributed by atoms with E-state index in [-0.39, 0.29) is 6.04 Å². The fourth-order valence-electron chi connectivity index (χ4n) is 1.51. The zero-order valence-corrected chi connectivity index (χ0v) is 9.36. The maximum absolute atomic E-state index is 5.65. The van der Waals surface area contributed by atoms with Gasteiger partial charge in [-0.05, 0) is 19.1 Å². The molecule has 1 unspecified atom stereocenters. The lowest BCUT2D eigenvalue weighted by molar-refractivity contribution is 0.189. The van der Waals surface area contributed by atoms with Crippen molar-refractivity contribution in [2.75, 3.05) is 24.8 Å². The van der Waals surface area contributed by atoms with Gasteiger partial charge in [-0.2, -0.15) is 4.98 Å². The van der Waals surface area contributed by atoms with E-state index in [0.717, 1.165) is 5.52 Å². The summed E-state index contributed by atoms with van der Waals surface area (Å²) in [7, 11) is 1.66. The van der Waals surface area contributed by atoms with E-state index in [9.17, 15) is 0 Å². The van der Waals surface area contributed by atoms with Crippen LogP contribution in [0, 0.1) is 0 Å². The van der Waals surface area contributed by atoms with Gasteiger partial charge in [-0.15, -0.1) is 0 Å². The number of methoxy groups -OCH3 is 1. The standard InChI is InChI=1S/C11H15N3O2/c1-7(6-15-2)13-11-14-9-4-3-8(12)5-10(9)16-11/h3-5,7H,6,12H2,1-2H3,(H,13,14). The van der Waals surface area contributed by atoms with Gasteiger partial charge < -0.3 is 20.2 Å². The molecular formula is C11H15N3O2. The second-order valence-electron chi connectivity index (χ2n) is 3.75. The van der Waals surface area contributed by atoms with Crippen molar-refractivity contribution in [3.8, 4) is 0 Å². The summed E-state index contributed by atoms with van der Waals surface area (Å²) in [6, 6.07) is 6.03. The molecule has 2 rings (SSSR count). The Labute approximate surface area is 93.6 Å². The molecule has 1 atom stereocenters. The van der Waals surface area contributed by atoms with Crippen LogP contribution in [-0.4, -0.2) is 24.7 Å². The molecule has 0 bridgehead atoms. The molecule has 2 aromatic rings. The normalized spacial score (nSPS) is 12.9. The zero-order valence-electron chi connectivity index (χ0n) is 9.36. The smallest absolute Gasteiger partial charge is 0.295 e. The average Bonchev–Trinajstić information content (AvgIpc) is 2.59. The van der Waals surface area contributed by atoms with Crippen molar-refractivity contribution in [1.82, 2.24) is 4.98 Å². The molecule has 1 aromatic carbocycles. The molecule has 0 spiro atoms. The summed E-state index contributed by atoms with van der Waals surface area (Å²) >= 11 is 0. The van der Waals surface area contributed by atoms with Gasteiger partial charge in [0.2, 0.25) is 0 Å². The third-order valence-corrected chi connectivity index (χ3v) is 2.20. The second kappa shape index (κ2) is 4.40. The highest BCUT2D eigenvalue weighted by Gasteiger charge is 2.08. The van der Waals surface area contributed by atoms with Gasteiger partial charge >= 0.3 is 0 Å². The van der Waals surface area contributed by atoms with Crippen molar-refractivity contribution >= 4 is 22.8 Å². The summed E-state index contributed by atoms with van der Waals surface area (Å²) in [5, 5.41) is 3.11. The Kier molecular flexibility index (Phi) is 2.96. The number of hydrogen-bond donors (Lipinski definition) is 2. The minimum Gasteiger partial charge on any atom is -0.423 e. The highest BCUT2D eigenvalue weighted by atomic mass is 16.5. The number of aromatic nitrogens is 1. The van der Waals surface area contributed by atoms with Crippen LogP contribution in [0.15, 0.2) is 22.6 Å². The van der Waals surface area contributed by atoms with E-state index in [4.69, 9.17) is 14.9 Å². The average molecular weight is 221 g/mol. The molecule has 86 valence electrons. The summed E-state index contributed by atoms with van der Waals surface area (Å²) in [4.78, 5) is 4.29. The first-order chi connectivity index (χ1) is 7.69. The molecular weight excluding hydrogens is 206 g/mol. The monoisotopic (exact) mass is 221 g/mol. The predicted octanol–water partition coefficient (Wildman–Crippen LogP) is 1.86. The Hall–Kier alpha value is -1.75. The lowest BCUT2D eigenvalue weighted by Crippen LogP contribution is -2.20. The van der Waals surface area contributed by atoms with Crippen LogP contribution in [0.25, 0.3) is 11.1 Å². The Bertz CT molecular complexity index is 481. The topological polar surface area (TPSA) is 73.3 Å². The number of ether oxygens (including phenoxy) is 1. The molecule has 0 fully saturated rings. The summed E-state index contributed by atoms with van der Waals surface area (Å²) in [5.41, 5.74) is 7.80. The van der Waals surface area contributed by atoms with Gasteiger partial charge in [0, 0.05) is 18.9 Å². The SMILES string of the molecule is COCC(C)Nc1nc2ccc(N)cc2o1. The van der Waals surface area contributed by atoms with E-state index in [1.165, 1.54) is 0 Å². The molecule has 5 nitrogen and oxygen atoms in total. The highest BCUT2D eigenvalue weighted by molar-refractivity contribution is 5.78. The van der Waals surface area contributed by atoms with Gasteiger partial charge in [0.05, 0.1) is 12.6 Å². The molecule has 16 heavy (non-hydrogen) atoms. The van der Waals surface area contributed by atoms with Crippen LogP contribution in [0.2, 0.25) is 0 Å². The predicted molar refractivity (Wildman–Crippen MR) is 63.4 cm³/mol. The minimum atomic E-state index is 0.149. The molecule has 1 aromatic heterocycles. The van der Waals surface area contributed by atoms with Gasteiger partial charge in [0.15, 0.2) is 5.58 Å². The van der Waals surface area contributed by atoms with Crippen LogP contribution >= 0.6 is 0 Å². The molecule has 0 radical (unpaired) electrons. The number of oxazole rings is 1. The quantitative estimate of drug-likeness (QED) is 0.771. The van der Waals surface area contributed by atoms with Crippen LogP contribution in [0.4, 0.5) is 11.7 Å². The van der Waals surface area contributed by atoms with Crippen molar-refractivity contribution in [2.45, 2.75) is 13.0 Å². The Morgan fingerprint density at radius 3 is 3.12 bits per heavy atom. The van der Waals surface area contributed by atoms with Crippen molar-refractivity contribution in [1.29, 1.82) is 0 Å². The maximum atomic E-state index is 5.65. The van der Waals surface area contributed by atoms with Crippen LogP contribution in [0.1, 0.15) is 6.92 Å². The first kappa shape index (κ1) is 10.8. The number of fused-ring (bicyclic) bond motifs is 1. The minimum absolute atomic E-state index is 0.149. The fraction of sp³-hybridized carbons (Fsp3) is 0.364. The summed E-state index contributed by atoms with van der Waals surface area (Å²) in [6.45, 7) is 2.59. The zero-order chi connectivity index (χ0) is 11.5. The van der Waals surface area contributed by atoms with Crippen molar-refractivity contribution in [3.63, 3.8) is 0 Å². The number of nitrogens with zero attached hydrogens (tertiary/aromatic N) is 1. The van der Waals surface area contributed by atoms with E-state index >= 15 is 0 Å². The largest absolute Gasteiger partial charge is 0.423 e. The number of nitrogens with one attached hydrogen (secondary N) is 1. The lowest BCUT2D eigenvalue weighted by atomic mass is 10.3. The van der Waals surface area contributed by atoms with E-state index in [2.05, 4.69) is 10.3 Å². The summed E-state index contributed by atoms with van der Waals surface area (Å²) in [6.07, 6.45) is 0. The number of nitrogens with two attached hydrogens (primary N) is 1. The summed E-state index contributed by atoms with van der Waals surface area (Å²) < 4.78 is 10.5. The molecule has 5 heteroatoms. The number of anilines is 2. The first-order valence-electron chi connectivity index (χ1n) is 5.10. The third-order valence-electron chi connectivity index (χ3n) is 2.20. The van der Waals surface area contributed by atoms with Crippen molar-refractivity contribution in [3.05, 3.63) is 18.2 Å². The molecule has 0 aliphatic heterocycles. The molecule has 1 heterocycles. The molecule has 3 N–H and O–H groups in total. The Balaban J connectivity index is 2.19. The lowest BCUT2D eigenvalue weighted by Gasteiger charge is -2.09. The van der Waals surface area contributed by atoms with Gasteiger partial charge in [-0.1, -0.05) is 0 Å². The summed E-state index contributed by atoms with van der Waals surface area (Å²) in [5.74, 6) is 0. The molecule has 0 amide bonds. The molecule has 0 aliphatic rings. The van der Waals surface area contributed by atoms with Gasteiger partial charge in [-0.3, -0.25) is 0 Å². The van der Waals surface area contributed by atoms with Gasteiger partial charge in [0.25, 0.3) is 6.01 Å². The Morgan fingerprint density at radius 2 is 2.38 bits per heavy atom. The number of rotatable bonds is 4. The van der Waals surface area contributed by atoms with Crippen LogP contribution in [-0.2, 0) is 4.74 Å². The third kappa shape index (κ3) is 2.25. The molecule has 0 saturated carbocycles. The Morgan fingerprint density at radius 1 is 1.56 bits per heavy atom. The van der Waals surface area contributed by atoms with Crippen LogP contribution in [0.5, 0.6) is 0 Å². The van der Waals surface area contributed by atoms with E-state index in [1.54, 1.807) is 19.2 Å². The fourth-order valence-corrected chi connectivity index (χ4v) is 1.51. The molecule has 0 saturated heterocycles. The molecule has 0 aliphatic carbocycles. The highest BCUT2D eigenvalue weighted by Crippen LogP contribution is 2.21. The first-order valence-corrected chi connectivity index (χ1v) is 5.10. The number of hydrogen-bond acceptors (Lipinski definition) is 5. The van der Waals surface area contributed by atoms with Crippen molar-refractivity contribution < 1.29 is 9.15 Å². The second-order valence-corrected chi connectivity index (χ2v) is 3.75. The van der Waals surface area contributed by atoms with Gasteiger partial charge in [-0.25, -0.2) is 0 Å². The van der Waals surface area contributed by atoms with E-state index in [1.807, 2.05) is 13.0 Å². The maximum Gasteiger partial charge on any atom is 0.295 e. The number of nitrogen functional groups attached to an aromatic ring is 1. The van der Waals surface area contributed by atoms with Crippen molar-refractivity contribution in [2.24, 2.45) is 0 Å². The number of benzene rings is 1. The van der Waals surface area contributed by atoms with E-state index < -0.39 is 0 Å².